The van der Waals surface area contributed by atoms with E-state index in [0.717, 1.165) is 25.2 Å². The Morgan fingerprint density at radius 3 is 3.00 bits per heavy atom. The number of rotatable bonds is 4. The highest BCUT2D eigenvalue weighted by Crippen LogP contribution is 2.51. The van der Waals surface area contributed by atoms with Crippen LogP contribution in [0.2, 0.25) is 0 Å². The lowest BCUT2D eigenvalue weighted by atomic mass is 9.79. The summed E-state index contributed by atoms with van der Waals surface area (Å²) in [4.78, 5) is 11.5. The molecule has 1 spiro atoms. The second-order valence-electron chi connectivity index (χ2n) is 8.28. The minimum atomic E-state index is 0.00616. The van der Waals surface area contributed by atoms with Crippen LogP contribution in [-0.2, 0) is 22.4 Å². The first-order valence-corrected chi connectivity index (χ1v) is 9.56. The van der Waals surface area contributed by atoms with Crippen LogP contribution < -0.4 is 0 Å². The smallest absolute Gasteiger partial charge is 0.306 e. The van der Waals surface area contributed by atoms with Crippen LogP contribution in [0.3, 0.4) is 0 Å². The van der Waals surface area contributed by atoms with E-state index in [1.165, 1.54) is 37.7 Å². The van der Waals surface area contributed by atoms with Crippen LogP contribution in [0.25, 0.3) is 0 Å². The SMILES string of the molecule is C=CCC[C@@H]1CCc2cc([C@H]3CC[C@]4(COC(=O)C4)C3)ccc2C1. The molecular weight excluding hydrogens is 296 g/mol. The minimum absolute atomic E-state index is 0.00616. The Balaban J connectivity index is 1.45. The van der Waals surface area contributed by atoms with Crippen LogP contribution in [0.5, 0.6) is 0 Å². The molecule has 2 fully saturated rings. The quantitative estimate of drug-likeness (QED) is 0.578. The average molecular weight is 324 g/mol. The van der Waals surface area contributed by atoms with Crippen molar-refractivity contribution in [1.29, 1.82) is 0 Å². The van der Waals surface area contributed by atoms with Gasteiger partial charge < -0.3 is 4.74 Å². The predicted molar refractivity (Wildman–Crippen MR) is 96.0 cm³/mol. The molecule has 0 unspecified atom stereocenters. The molecule has 3 aliphatic rings. The Hall–Kier alpha value is -1.57. The zero-order valence-corrected chi connectivity index (χ0v) is 14.6. The van der Waals surface area contributed by atoms with Gasteiger partial charge in [-0.25, -0.2) is 0 Å². The number of carbonyl (C=O) groups is 1. The molecule has 0 radical (unpaired) electrons. The van der Waals surface area contributed by atoms with Gasteiger partial charge in [0, 0.05) is 5.41 Å². The Labute approximate surface area is 145 Å². The van der Waals surface area contributed by atoms with Crippen LogP contribution >= 0.6 is 0 Å². The highest BCUT2D eigenvalue weighted by molar-refractivity contribution is 5.72. The van der Waals surface area contributed by atoms with Crippen molar-refractivity contribution in [3.63, 3.8) is 0 Å². The Bertz CT molecular complexity index is 647. The maximum Gasteiger partial charge on any atom is 0.306 e. The standard InChI is InChI=1S/C22H28O2/c1-2-3-4-16-5-6-18-12-19(8-7-17(18)11-16)20-9-10-22(13-20)14-21(23)24-15-22/h2,7-8,12,16,20H,1,3-6,9-11,13-15H2/t16-,20+,22+/m1/s1. The van der Waals surface area contributed by atoms with Crippen molar-refractivity contribution in [2.45, 2.75) is 63.7 Å². The van der Waals surface area contributed by atoms with Crippen molar-refractivity contribution in [1.82, 2.24) is 0 Å². The van der Waals surface area contributed by atoms with Gasteiger partial charge >= 0.3 is 5.97 Å². The molecule has 0 aromatic heterocycles. The van der Waals surface area contributed by atoms with E-state index in [-0.39, 0.29) is 11.4 Å². The first kappa shape index (κ1) is 15.9. The molecule has 1 heterocycles. The van der Waals surface area contributed by atoms with Gasteiger partial charge in [-0.05, 0) is 79.9 Å². The van der Waals surface area contributed by atoms with Crippen molar-refractivity contribution in [3.8, 4) is 0 Å². The molecular formula is C22H28O2. The second kappa shape index (κ2) is 6.38. The molecule has 1 aromatic carbocycles. The third kappa shape index (κ3) is 3.03. The van der Waals surface area contributed by atoms with Gasteiger partial charge in [-0.1, -0.05) is 24.3 Å². The number of cyclic esters (lactones) is 1. The van der Waals surface area contributed by atoms with E-state index >= 15 is 0 Å². The van der Waals surface area contributed by atoms with Crippen LogP contribution in [0.1, 0.15) is 67.6 Å². The summed E-state index contributed by atoms with van der Waals surface area (Å²) in [5.74, 6) is 1.45. The third-order valence-electron chi connectivity index (χ3n) is 6.57. The van der Waals surface area contributed by atoms with Crippen molar-refractivity contribution in [2.24, 2.45) is 11.3 Å². The van der Waals surface area contributed by atoms with Gasteiger partial charge in [0.05, 0.1) is 13.0 Å². The number of ether oxygens (including phenoxy) is 1. The molecule has 3 atom stereocenters. The number of hydrogen-bond acceptors (Lipinski definition) is 2. The van der Waals surface area contributed by atoms with E-state index in [1.807, 2.05) is 6.08 Å². The summed E-state index contributed by atoms with van der Waals surface area (Å²) in [5.41, 5.74) is 4.77. The number of allylic oxidation sites excluding steroid dienone is 1. The Morgan fingerprint density at radius 2 is 2.21 bits per heavy atom. The van der Waals surface area contributed by atoms with E-state index < -0.39 is 0 Å². The minimum Gasteiger partial charge on any atom is -0.465 e. The highest BCUT2D eigenvalue weighted by atomic mass is 16.5. The van der Waals surface area contributed by atoms with Gasteiger partial charge in [0.15, 0.2) is 0 Å². The van der Waals surface area contributed by atoms with Gasteiger partial charge in [-0.3, -0.25) is 4.79 Å². The number of esters is 1. The molecule has 2 heteroatoms. The van der Waals surface area contributed by atoms with Gasteiger partial charge in [0.2, 0.25) is 0 Å². The molecule has 4 rings (SSSR count). The highest BCUT2D eigenvalue weighted by Gasteiger charge is 2.46. The molecule has 0 bridgehead atoms. The first-order valence-electron chi connectivity index (χ1n) is 9.56. The molecule has 0 N–H and O–H groups in total. The molecule has 0 amide bonds. The normalized spacial score (nSPS) is 31.9. The zero-order chi connectivity index (χ0) is 16.6. The lowest BCUT2D eigenvalue weighted by Crippen LogP contribution is -2.17. The molecule has 1 saturated carbocycles. The van der Waals surface area contributed by atoms with Crippen molar-refractivity contribution < 1.29 is 9.53 Å². The summed E-state index contributed by atoms with van der Waals surface area (Å²) in [6.45, 7) is 4.50. The lowest BCUT2D eigenvalue weighted by Gasteiger charge is -2.26. The second-order valence-corrected chi connectivity index (χ2v) is 8.28. The maximum atomic E-state index is 11.5. The molecule has 24 heavy (non-hydrogen) atoms. The van der Waals surface area contributed by atoms with Gasteiger partial charge in [-0.15, -0.1) is 6.58 Å². The first-order chi connectivity index (χ1) is 11.7. The molecule has 2 nitrogen and oxygen atoms in total. The summed E-state index contributed by atoms with van der Waals surface area (Å²) in [5, 5.41) is 0. The fraction of sp³-hybridized carbons (Fsp3) is 0.591. The van der Waals surface area contributed by atoms with Crippen molar-refractivity contribution in [3.05, 3.63) is 47.5 Å². The fourth-order valence-corrected chi connectivity index (χ4v) is 5.13. The molecule has 128 valence electrons. The molecule has 2 aliphatic carbocycles. The van der Waals surface area contributed by atoms with E-state index in [1.54, 1.807) is 11.1 Å². The van der Waals surface area contributed by atoms with Crippen LogP contribution in [0.4, 0.5) is 0 Å². The summed E-state index contributed by atoms with van der Waals surface area (Å²) >= 11 is 0. The average Bonchev–Trinajstić information content (AvgIpc) is 3.18. The lowest BCUT2D eigenvalue weighted by molar-refractivity contribution is -0.137. The number of carbonyl (C=O) groups excluding carboxylic acids is 1. The van der Waals surface area contributed by atoms with Gasteiger partial charge in [-0.2, -0.15) is 0 Å². The predicted octanol–water partition coefficient (Wildman–Crippen LogP) is 4.96. The summed E-state index contributed by atoms with van der Waals surface area (Å²) in [6, 6.07) is 7.21. The van der Waals surface area contributed by atoms with E-state index in [2.05, 4.69) is 24.8 Å². The third-order valence-corrected chi connectivity index (χ3v) is 6.57. The maximum absolute atomic E-state index is 11.5. The summed E-state index contributed by atoms with van der Waals surface area (Å²) in [7, 11) is 0. The van der Waals surface area contributed by atoms with E-state index in [9.17, 15) is 4.79 Å². The number of aryl methyl sites for hydroxylation is 1. The van der Waals surface area contributed by atoms with Crippen molar-refractivity contribution in [2.75, 3.05) is 6.61 Å². The topological polar surface area (TPSA) is 26.3 Å². The zero-order valence-electron chi connectivity index (χ0n) is 14.6. The summed E-state index contributed by atoms with van der Waals surface area (Å²) in [6.07, 6.45) is 12.4. The fourth-order valence-electron chi connectivity index (χ4n) is 5.13. The van der Waals surface area contributed by atoms with Gasteiger partial charge in [0.25, 0.3) is 0 Å². The van der Waals surface area contributed by atoms with Crippen LogP contribution in [0, 0.1) is 11.3 Å². The Morgan fingerprint density at radius 1 is 1.29 bits per heavy atom. The monoisotopic (exact) mass is 324 g/mol. The number of benzene rings is 1. The van der Waals surface area contributed by atoms with Crippen LogP contribution in [-0.4, -0.2) is 12.6 Å². The molecule has 1 aromatic rings. The number of hydrogen-bond donors (Lipinski definition) is 0. The number of fused-ring (bicyclic) bond motifs is 1. The van der Waals surface area contributed by atoms with Crippen molar-refractivity contribution >= 4 is 5.97 Å². The van der Waals surface area contributed by atoms with Gasteiger partial charge in [0.1, 0.15) is 0 Å². The van der Waals surface area contributed by atoms with Crippen LogP contribution in [0.15, 0.2) is 30.9 Å². The Kier molecular flexibility index (Phi) is 4.24. The van der Waals surface area contributed by atoms with E-state index in [4.69, 9.17) is 4.74 Å². The van der Waals surface area contributed by atoms with E-state index in [0.29, 0.717) is 18.9 Å². The molecule has 1 aliphatic heterocycles. The summed E-state index contributed by atoms with van der Waals surface area (Å²) < 4.78 is 5.26. The largest absolute Gasteiger partial charge is 0.465 e. The molecule has 1 saturated heterocycles.